The van der Waals surface area contributed by atoms with Crippen LogP contribution in [0, 0.1) is 11.8 Å². The molecule has 3 unspecified atom stereocenters. The number of aliphatic hydroxyl groups excluding tert-OH is 1. The lowest BCUT2D eigenvalue weighted by Gasteiger charge is -2.29. The lowest BCUT2D eigenvalue weighted by atomic mass is 9.78. The average Bonchev–Trinajstić information content (AvgIpc) is 1.81. The molecule has 3 atom stereocenters. The number of rotatable bonds is 2. The number of hydrogen-bond donors (Lipinski definition) is 1. The molecule has 1 aliphatic carbocycles. The molecule has 1 rings (SSSR count). The molecule has 0 heterocycles. The quantitative estimate of drug-likeness (QED) is 0.629. The lowest BCUT2D eigenvalue weighted by Crippen LogP contribution is -2.18. The van der Waals surface area contributed by atoms with E-state index in [-0.39, 0.29) is 6.10 Å². The summed E-state index contributed by atoms with van der Waals surface area (Å²) in [7, 11) is 0. The Kier molecular flexibility index (Phi) is 3.33. The normalized spacial score (nSPS) is 33.4. The predicted molar refractivity (Wildman–Crippen MR) is 51.9 cm³/mol. The van der Waals surface area contributed by atoms with E-state index in [1.165, 1.54) is 18.4 Å². The van der Waals surface area contributed by atoms with E-state index in [0.29, 0.717) is 5.92 Å². The minimum absolute atomic E-state index is 0.145. The van der Waals surface area contributed by atoms with Crippen molar-refractivity contribution in [1.29, 1.82) is 0 Å². The second-order valence-corrected chi connectivity index (χ2v) is 4.45. The summed E-state index contributed by atoms with van der Waals surface area (Å²) in [6.45, 7) is 8.19. The zero-order valence-corrected chi connectivity index (χ0v) is 8.21. The van der Waals surface area contributed by atoms with E-state index < -0.39 is 0 Å². The van der Waals surface area contributed by atoms with Crippen LogP contribution in [0.3, 0.4) is 0 Å². The van der Waals surface area contributed by atoms with E-state index in [4.69, 9.17) is 0 Å². The largest absolute Gasteiger partial charge is 0.393 e. The second-order valence-electron chi connectivity index (χ2n) is 4.45. The van der Waals surface area contributed by atoms with Gasteiger partial charge >= 0.3 is 0 Å². The molecule has 1 heteroatoms. The lowest BCUT2D eigenvalue weighted by molar-refractivity contribution is 0.146. The Labute approximate surface area is 75.5 Å². The van der Waals surface area contributed by atoms with Crippen LogP contribution in [0.5, 0.6) is 0 Å². The van der Waals surface area contributed by atoms with Gasteiger partial charge in [0.1, 0.15) is 0 Å². The first-order valence-corrected chi connectivity index (χ1v) is 4.92. The molecule has 1 fully saturated rings. The van der Waals surface area contributed by atoms with Crippen LogP contribution >= 0.6 is 0 Å². The molecule has 0 aliphatic heterocycles. The Morgan fingerprint density at radius 1 is 1.58 bits per heavy atom. The second kappa shape index (κ2) is 4.08. The fourth-order valence-electron chi connectivity index (χ4n) is 2.38. The molecule has 0 amide bonds. The molecule has 12 heavy (non-hydrogen) atoms. The molecule has 0 saturated heterocycles. The van der Waals surface area contributed by atoms with Crippen molar-refractivity contribution in [2.24, 2.45) is 11.8 Å². The Bertz CT molecular complexity index is 158. The highest BCUT2D eigenvalue weighted by Gasteiger charge is 2.21. The van der Waals surface area contributed by atoms with Gasteiger partial charge in [-0.3, -0.25) is 0 Å². The van der Waals surface area contributed by atoms with Crippen LogP contribution in [0.15, 0.2) is 12.2 Å². The van der Waals surface area contributed by atoms with Gasteiger partial charge in [0.05, 0.1) is 6.10 Å². The van der Waals surface area contributed by atoms with E-state index in [2.05, 4.69) is 13.5 Å². The third-order valence-corrected chi connectivity index (χ3v) is 2.62. The summed E-state index contributed by atoms with van der Waals surface area (Å²) in [5, 5.41) is 9.25. The zero-order chi connectivity index (χ0) is 9.14. The van der Waals surface area contributed by atoms with Crippen LogP contribution in [0.2, 0.25) is 0 Å². The molecule has 0 aromatic rings. The van der Waals surface area contributed by atoms with E-state index in [0.717, 1.165) is 18.8 Å². The molecule has 0 radical (unpaired) electrons. The monoisotopic (exact) mass is 168 g/mol. The minimum atomic E-state index is -0.145. The van der Waals surface area contributed by atoms with Crippen LogP contribution in [-0.4, -0.2) is 11.2 Å². The van der Waals surface area contributed by atoms with Gasteiger partial charge in [0.15, 0.2) is 0 Å². The first kappa shape index (κ1) is 9.79. The summed E-state index contributed by atoms with van der Waals surface area (Å²) in [6, 6.07) is 0. The maximum Gasteiger partial charge on any atom is 0.0514 e. The summed E-state index contributed by atoms with van der Waals surface area (Å²) >= 11 is 0. The van der Waals surface area contributed by atoms with Crippen molar-refractivity contribution in [3.05, 3.63) is 12.2 Å². The van der Waals surface area contributed by atoms with Gasteiger partial charge in [0.25, 0.3) is 0 Å². The molecule has 1 saturated carbocycles. The first-order valence-electron chi connectivity index (χ1n) is 4.92. The molecule has 1 nitrogen and oxygen atoms in total. The van der Waals surface area contributed by atoms with E-state index in [1.807, 2.05) is 6.92 Å². The van der Waals surface area contributed by atoms with Crippen LogP contribution in [-0.2, 0) is 0 Å². The Balaban J connectivity index is 2.39. The highest BCUT2D eigenvalue weighted by atomic mass is 16.3. The molecule has 70 valence electrons. The van der Waals surface area contributed by atoms with E-state index in [9.17, 15) is 5.11 Å². The Morgan fingerprint density at radius 2 is 2.25 bits per heavy atom. The topological polar surface area (TPSA) is 20.2 Å². The first-order chi connectivity index (χ1) is 5.58. The smallest absolute Gasteiger partial charge is 0.0514 e. The minimum Gasteiger partial charge on any atom is -0.393 e. The van der Waals surface area contributed by atoms with E-state index >= 15 is 0 Å². The van der Waals surface area contributed by atoms with Gasteiger partial charge in [-0.05, 0) is 44.4 Å². The predicted octanol–water partition coefficient (Wildman–Crippen LogP) is 2.75. The summed E-state index contributed by atoms with van der Waals surface area (Å²) in [4.78, 5) is 0. The van der Waals surface area contributed by atoms with Crippen molar-refractivity contribution >= 4 is 0 Å². The van der Waals surface area contributed by atoms with Gasteiger partial charge in [-0.25, -0.2) is 0 Å². The fraction of sp³-hybridized carbons (Fsp3) is 0.818. The summed E-state index contributed by atoms with van der Waals surface area (Å²) < 4.78 is 0. The number of hydrogen-bond acceptors (Lipinski definition) is 1. The van der Waals surface area contributed by atoms with Crippen molar-refractivity contribution in [2.75, 3.05) is 0 Å². The molecule has 0 aromatic heterocycles. The fourth-order valence-corrected chi connectivity index (χ4v) is 2.38. The highest BCUT2D eigenvalue weighted by molar-refractivity contribution is 5.01. The summed E-state index contributed by atoms with van der Waals surface area (Å²) in [6.07, 6.45) is 4.40. The van der Waals surface area contributed by atoms with Crippen LogP contribution in [0.1, 0.15) is 39.5 Å². The maximum absolute atomic E-state index is 9.25. The van der Waals surface area contributed by atoms with Gasteiger partial charge in [-0.2, -0.15) is 0 Å². The number of allylic oxidation sites excluding steroid dienone is 1. The molecular weight excluding hydrogens is 148 g/mol. The van der Waals surface area contributed by atoms with E-state index in [1.54, 1.807) is 0 Å². The highest BCUT2D eigenvalue weighted by Crippen LogP contribution is 2.34. The molecular formula is C11H20O. The van der Waals surface area contributed by atoms with Crippen molar-refractivity contribution < 1.29 is 5.11 Å². The average molecular weight is 168 g/mol. The van der Waals surface area contributed by atoms with Gasteiger partial charge in [0.2, 0.25) is 0 Å². The van der Waals surface area contributed by atoms with Crippen molar-refractivity contribution in [3.63, 3.8) is 0 Å². The maximum atomic E-state index is 9.25. The molecule has 1 aliphatic rings. The Hall–Kier alpha value is -0.300. The molecule has 0 aromatic carbocycles. The van der Waals surface area contributed by atoms with Crippen molar-refractivity contribution in [3.8, 4) is 0 Å². The third-order valence-electron chi connectivity index (χ3n) is 2.62. The molecule has 0 bridgehead atoms. The van der Waals surface area contributed by atoms with Crippen LogP contribution in [0.4, 0.5) is 0 Å². The standard InChI is InChI=1S/C11H20O/c1-8-4-9(2)6-11(5-8)7-10(3)12/h9-12H,1,4-7H2,2-3H3. The third kappa shape index (κ3) is 2.98. The van der Waals surface area contributed by atoms with Gasteiger partial charge in [-0.1, -0.05) is 19.1 Å². The van der Waals surface area contributed by atoms with Crippen LogP contribution < -0.4 is 0 Å². The van der Waals surface area contributed by atoms with Crippen molar-refractivity contribution in [1.82, 2.24) is 0 Å². The zero-order valence-electron chi connectivity index (χ0n) is 8.21. The summed E-state index contributed by atoms with van der Waals surface area (Å²) in [5.74, 6) is 1.45. The Morgan fingerprint density at radius 3 is 2.75 bits per heavy atom. The van der Waals surface area contributed by atoms with Crippen molar-refractivity contribution in [2.45, 2.75) is 45.6 Å². The van der Waals surface area contributed by atoms with Crippen LogP contribution in [0.25, 0.3) is 0 Å². The van der Waals surface area contributed by atoms with Gasteiger partial charge < -0.3 is 5.11 Å². The van der Waals surface area contributed by atoms with Gasteiger partial charge in [-0.15, -0.1) is 0 Å². The molecule has 1 N–H and O–H groups in total. The summed E-state index contributed by atoms with van der Waals surface area (Å²) in [5.41, 5.74) is 1.37. The number of aliphatic hydroxyl groups is 1. The SMILES string of the molecule is C=C1CC(C)CC(CC(C)O)C1. The molecule has 0 spiro atoms. The van der Waals surface area contributed by atoms with Gasteiger partial charge in [0, 0.05) is 0 Å².